The van der Waals surface area contributed by atoms with Crippen molar-refractivity contribution in [3.8, 4) is 5.75 Å². The summed E-state index contributed by atoms with van der Waals surface area (Å²) < 4.78 is 95.4. The van der Waals surface area contributed by atoms with E-state index in [1.807, 2.05) is 0 Å². The van der Waals surface area contributed by atoms with Gasteiger partial charge in [-0.25, -0.2) is 17.2 Å². The van der Waals surface area contributed by atoms with Crippen molar-refractivity contribution in [3.05, 3.63) is 58.9 Å². The maximum absolute atomic E-state index is 15.4. The minimum atomic E-state index is -5.03. The van der Waals surface area contributed by atoms with Crippen molar-refractivity contribution in [3.63, 3.8) is 0 Å². The first-order chi connectivity index (χ1) is 14.8. The summed E-state index contributed by atoms with van der Waals surface area (Å²) >= 11 is 5.72. The first kappa shape index (κ1) is 24.2. The minimum absolute atomic E-state index is 0.0180. The maximum Gasteiger partial charge on any atom is 0.573 e. The van der Waals surface area contributed by atoms with Gasteiger partial charge in [0.1, 0.15) is 11.6 Å². The Bertz CT molecular complexity index is 1090. The molecule has 1 saturated carbocycles. The highest BCUT2D eigenvalue weighted by Gasteiger charge is 2.48. The third-order valence-electron chi connectivity index (χ3n) is 5.02. The molecule has 2 aromatic carbocycles. The summed E-state index contributed by atoms with van der Waals surface area (Å²) in [5.41, 5.74) is -0.0406. The van der Waals surface area contributed by atoms with Crippen LogP contribution in [-0.2, 0) is 9.84 Å². The van der Waals surface area contributed by atoms with Gasteiger partial charge in [-0.3, -0.25) is 4.79 Å². The summed E-state index contributed by atoms with van der Waals surface area (Å²) in [6, 6.07) is 6.20. The zero-order valence-electron chi connectivity index (χ0n) is 16.3. The lowest BCUT2D eigenvalue weighted by molar-refractivity contribution is -0.274. The van der Waals surface area contributed by atoms with Gasteiger partial charge in [-0.15, -0.1) is 13.2 Å². The topological polar surface area (TPSA) is 72.5 Å². The quantitative estimate of drug-likeness (QED) is 0.577. The fourth-order valence-corrected chi connectivity index (χ4v) is 5.41. The van der Waals surface area contributed by atoms with Crippen molar-refractivity contribution in [1.82, 2.24) is 5.32 Å². The Balaban J connectivity index is 1.70. The molecule has 0 radical (unpaired) electrons. The van der Waals surface area contributed by atoms with Crippen LogP contribution in [0.15, 0.2) is 47.4 Å². The third-order valence-corrected chi connectivity index (χ3v) is 7.49. The van der Waals surface area contributed by atoms with E-state index in [0.29, 0.717) is 6.07 Å². The zero-order chi connectivity index (χ0) is 23.7. The van der Waals surface area contributed by atoms with Gasteiger partial charge in [0.25, 0.3) is 5.91 Å². The number of benzene rings is 2. The molecule has 0 saturated heterocycles. The molecule has 1 aliphatic carbocycles. The van der Waals surface area contributed by atoms with Crippen LogP contribution in [0.4, 0.5) is 22.0 Å². The van der Waals surface area contributed by atoms with E-state index in [0.717, 1.165) is 30.3 Å². The maximum atomic E-state index is 15.4. The number of alkyl halides is 4. The number of rotatable bonds is 5. The van der Waals surface area contributed by atoms with Gasteiger partial charge in [-0.1, -0.05) is 17.7 Å². The highest BCUT2D eigenvalue weighted by atomic mass is 35.5. The molecule has 3 rings (SSSR count). The number of hydrogen-bond donors (Lipinski definition) is 1. The van der Waals surface area contributed by atoms with Gasteiger partial charge in [0, 0.05) is 16.6 Å². The Hall–Kier alpha value is -2.40. The van der Waals surface area contributed by atoms with Crippen molar-refractivity contribution < 1.29 is 39.9 Å². The lowest BCUT2D eigenvalue weighted by atomic mass is 9.93. The van der Waals surface area contributed by atoms with E-state index in [9.17, 15) is 30.8 Å². The Morgan fingerprint density at radius 2 is 1.78 bits per heavy atom. The summed E-state index contributed by atoms with van der Waals surface area (Å²) in [5.74, 6) is -2.14. The molecule has 1 aliphatic rings. The molecule has 0 bridgehead atoms. The highest BCUT2D eigenvalue weighted by Crippen LogP contribution is 2.41. The third kappa shape index (κ3) is 5.50. The summed E-state index contributed by atoms with van der Waals surface area (Å²) in [7, 11) is -4.65. The molecule has 1 fully saturated rings. The Morgan fingerprint density at radius 3 is 2.38 bits per heavy atom. The fraction of sp³-hybridized carbons (Fsp3) is 0.350. The van der Waals surface area contributed by atoms with Crippen LogP contribution in [0.2, 0.25) is 5.02 Å². The molecule has 0 aromatic heterocycles. The first-order valence-corrected chi connectivity index (χ1v) is 11.2. The van der Waals surface area contributed by atoms with Gasteiger partial charge >= 0.3 is 6.36 Å². The molecule has 0 aliphatic heterocycles. The fourth-order valence-electron chi connectivity index (χ4n) is 3.47. The molecule has 2 aromatic rings. The Kier molecular flexibility index (Phi) is 6.71. The molecule has 32 heavy (non-hydrogen) atoms. The van der Waals surface area contributed by atoms with Crippen LogP contribution < -0.4 is 10.1 Å². The van der Waals surface area contributed by atoms with E-state index < -0.39 is 62.5 Å². The second kappa shape index (κ2) is 8.86. The smallest absolute Gasteiger partial charge is 0.406 e. The van der Waals surface area contributed by atoms with Crippen LogP contribution in [0, 0.1) is 5.82 Å². The largest absolute Gasteiger partial charge is 0.573 e. The van der Waals surface area contributed by atoms with Crippen LogP contribution in [0.1, 0.15) is 36.0 Å². The molecule has 0 heterocycles. The van der Waals surface area contributed by atoms with Crippen molar-refractivity contribution >= 4 is 27.3 Å². The molecular formula is C20H17ClF5NO4S. The summed E-state index contributed by atoms with van der Waals surface area (Å²) in [6.07, 6.45) is -6.12. The van der Waals surface area contributed by atoms with Gasteiger partial charge in [-0.05, 0) is 62.1 Å². The number of hydrogen-bond acceptors (Lipinski definition) is 4. The Morgan fingerprint density at radius 1 is 1.12 bits per heavy atom. The van der Waals surface area contributed by atoms with Crippen LogP contribution in [0.5, 0.6) is 5.75 Å². The summed E-state index contributed by atoms with van der Waals surface area (Å²) in [5, 5.41) is -0.128. The lowest BCUT2D eigenvalue weighted by Gasteiger charge is -2.33. The SMILES string of the molecule is O=C(NC1CCC(F)(S(=O)(=O)c2cccc(OC(F)(F)F)c2)CC1)c1cc(F)cc(Cl)c1. The number of sulfone groups is 1. The van der Waals surface area contributed by atoms with Crippen molar-refractivity contribution in [2.24, 2.45) is 0 Å². The van der Waals surface area contributed by atoms with E-state index in [-0.39, 0.29) is 23.4 Å². The second-order valence-corrected chi connectivity index (χ2v) is 9.96. The summed E-state index contributed by atoms with van der Waals surface area (Å²) in [4.78, 5) is 11.7. The molecule has 0 atom stereocenters. The monoisotopic (exact) mass is 497 g/mol. The summed E-state index contributed by atoms with van der Waals surface area (Å²) in [6.45, 7) is 0. The molecule has 12 heteroatoms. The normalized spacial score (nSPS) is 21.8. The average molecular weight is 498 g/mol. The molecule has 0 unspecified atom stereocenters. The predicted octanol–water partition coefficient (Wildman–Crippen LogP) is 5.19. The van der Waals surface area contributed by atoms with E-state index in [1.165, 1.54) is 6.07 Å². The lowest BCUT2D eigenvalue weighted by Crippen LogP contribution is -2.45. The number of amides is 1. The van der Waals surface area contributed by atoms with Gasteiger partial charge < -0.3 is 10.1 Å². The molecule has 5 nitrogen and oxygen atoms in total. The van der Waals surface area contributed by atoms with Gasteiger partial charge in [-0.2, -0.15) is 0 Å². The van der Waals surface area contributed by atoms with E-state index in [1.54, 1.807) is 0 Å². The minimum Gasteiger partial charge on any atom is -0.406 e. The second-order valence-electron chi connectivity index (χ2n) is 7.32. The zero-order valence-corrected chi connectivity index (χ0v) is 17.8. The van der Waals surface area contributed by atoms with E-state index in [4.69, 9.17) is 11.6 Å². The molecule has 174 valence electrons. The number of carbonyl (C=O) groups excluding carboxylic acids is 1. The number of ether oxygens (including phenoxy) is 1. The molecule has 1 amide bonds. The van der Waals surface area contributed by atoms with Gasteiger partial charge in [0.2, 0.25) is 14.8 Å². The standard InChI is InChI=1S/C20H17ClF5NO4S/c21-13-8-12(9-14(22)10-13)18(28)27-15-4-6-19(23,7-5-15)32(29,30)17-3-1-2-16(11-17)31-20(24,25)26/h1-3,8-11,15H,4-7H2,(H,27,28). The van der Waals surface area contributed by atoms with Gasteiger partial charge in [0.05, 0.1) is 4.90 Å². The van der Waals surface area contributed by atoms with E-state index >= 15 is 4.39 Å². The van der Waals surface area contributed by atoms with Crippen molar-refractivity contribution in [1.29, 1.82) is 0 Å². The van der Waals surface area contributed by atoms with Crippen LogP contribution in [0.25, 0.3) is 0 Å². The van der Waals surface area contributed by atoms with Crippen LogP contribution in [0.3, 0.4) is 0 Å². The molecule has 0 spiro atoms. The number of nitrogens with one attached hydrogen (secondary N) is 1. The van der Waals surface area contributed by atoms with Crippen molar-refractivity contribution in [2.45, 2.75) is 48.0 Å². The highest BCUT2D eigenvalue weighted by molar-refractivity contribution is 7.92. The van der Waals surface area contributed by atoms with Crippen LogP contribution in [-0.4, -0.2) is 31.7 Å². The van der Waals surface area contributed by atoms with E-state index in [2.05, 4.69) is 10.1 Å². The first-order valence-electron chi connectivity index (χ1n) is 9.35. The number of carbonyl (C=O) groups is 1. The van der Waals surface area contributed by atoms with Crippen molar-refractivity contribution in [2.75, 3.05) is 0 Å². The molecule has 1 N–H and O–H groups in total. The van der Waals surface area contributed by atoms with Gasteiger partial charge in [0.15, 0.2) is 0 Å². The Labute approximate surface area is 185 Å². The average Bonchev–Trinajstić information content (AvgIpc) is 2.68. The van der Waals surface area contributed by atoms with Crippen LogP contribution >= 0.6 is 11.6 Å². The predicted molar refractivity (Wildman–Crippen MR) is 105 cm³/mol. The molecular weight excluding hydrogens is 481 g/mol. The number of halogens is 6.